The molecular formula is C29H56O4. The number of rotatable bonds is 25. The third kappa shape index (κ3) is 23.9. The highest BCUT2D eigenvalue weighted by molar-refractivity contribution is 5.69. The third-order valence-electron chi connectivity index (χ3n) is 6.66. The van der Waals surface area contributed by atoms with Gasteiger partial charge in [0.1, 0.15) is 0 Å². The zero-order chi connectivity index (χ0) is 24.4. The standard InChI is InChI=1S/C29H56O4/c1-4-7-8-9-10-11-12-13-16-19-22-25-32-28(30)23-20-17-14-15-18-21-24-29(31)33-26-27(5-2)6-3/h27H,4-26H2,1-3H3. The Labute approximate surface area is 206 Å². The Kier molecular flexibility index (Phi) is 24.7. The van der Waals surface area contributed by atoms with E-state index in [-0.39, 0.29) is 11.9 Å². The van der Waals surface area contributed by atoms with Gasteiger partial charge < -0.3 is 9.47 Å². The molecule has 0 rings (SSSR count). The first-order chi connectivity index (χ1) is 16.1. The average molecular weight is 469 g/mol. The van der Waals surface area contributed by atoms with Crippen LogP contribution in [-0.4, -0.2) is 25.2 Å². The van der Waals surface area contributed by atoms with Crippen molar-refractivity contribution in [3.05, 3.63) is 0 Å². The van der Waals surface area contributed by atoms with Crippen molar-refractivity contribution in [3.8, 4) is 0 Å². The van der Waals surface area contributed by atoms with E-state index in [4.69, 9.17) is 9.47 Å². The van der Waals surface area contributed by atoms with Crippen LogP contribution in [0.1, 0.15) is 156 Å². The predicted molar refractivity (Wildman–Crippen MR) is 139 cm³/mol. The highest BCUT2D eigenvalue weighted by Crippen LogP contribution is 2.13. The van der Waals surface area contributed by atoms with Crippen LogP contribution in [0.25, 0.3) is 0 Å². The average Bonchev–Trinajstić information content (AvgIpc) is 2.82. The quantitative estimate of drug-likeness (QED) is 0.0991. The Balaban J connectivity index is 3.30. The SMILES string of the molecule is CCCCCCCCCCCCCOC(=O)CCCCCCCCC(=O)OCC(CC)CC. The summed E-state index contributed by atoms with van der Waals surface area (Å²) in [6.45, 7) is 7.70. The lowest BCUT2D eigenvalue weighted by atomic mass is 10.1. The second-order valence-corrected chi connectivity index (χ2v) is 9.74. The fourth-order valence-corrected chi connectivity index (χ4v) is 4.08. The molecule has 0 amide bonds. The van der Waals surface area contributed by atoms with Gasteiger partial charge in [-0.3, -0.25) is 9.59 Å². The molecule has 0 radical (unpaired) electrons. The lowest BCUT2D eigenvalue weighted by Crippen LogP contribution is -2.12. The minimum absolute atomic E-state index is 0.0395. The van der Waals surface area contributed by atoms with Gasteiger partial charge in [-0.2, -0.15) is 0 Å². The monoisotopic (exact) mass is 468 g/mol. The zero-order valence-electron chi connectivity index (χ0n) is 22.5. The van der Waals surface area contributed by atoms with Gasteiger partial charge in [-0.25, -0.2) is 0 Å². The van der Waals surface area contributed by atoms with Crippen LogP contribution >= 0.6 is 0 Å². The minimum atomic E-state index is -0.0533. The molecule has 0 aliphatic carbocycles. The Morgan fingerprint density at radius 2 is 0.909 bits per heavy atom. The minimum Gasteiger partial charge on any atom is -0.466 e. The van der Waals surface area contributed by atoms with Crippen LogP contribution in [0.2, 0.25) is 0 Å². The van der Waals surface area contributed by atoms with Crippen LogP contribution in [0.3, 0.4) is 0 Å². The first-order valence-electron chi connectivity index (χ1n) is 14.4. The molecule has 0 spiro atoms. The lowest BCUT2D eigenvalue weighted by molar-refractivity contribution is -0.145. The van der Waals surface area contributed by atoms with Crippen molar-refractivity contribution in [1.29, 1.82) is 0 Å². The summed E-state index contributed by atoms with van der Waals surface area (Å²) in [5.41, 5.74) is 0. The normalized spacial score (nSPS) is 11.2. The van der Waals surface area contributed by atoms with E-state index in [1.165, 1.54) is 64.2 Å². The summed E-state index contributed by atoms with van der Waals surface area (Å²) in [4.78, 5) is 23.6. The van der Waals surface area contributed by atoms with Crippen molar-refractivity contribution in [2.45, 2.75) is 156 Å². The summed E-state index contributed by atoms with van der Waals surface area (Å²) >= 11 is 0. The molecule has 0 aromatic carbocycles. The Morgan fingerprint density at radius 3 is 1.36 bits per heavy atom. The zero-order valence-corrected chi connectivity index (χ0v) is 22.5. The number of hydrogen-bond donors (Lipinski definition) is 0. The van der Waals surface area contributed by atoms with Gasteiger partial charge in [0.15, 0.2) is 0 Å². The molecule has 4 nitrogen and oxygen atoms in total. The van der Waals surface area contributed by atoms with E-state index in [9.17, 15) is 9.59 Å². The van der Waals surface area contributed by atoms with Gasteiger partial charge in [0.2, 0.25) is 0 Å². The van der Waals surface area contributed by atoms with Gasteiger partial charge >= 0.3 is 11.9 Å². The summed E-state index contributed by atoms with van der Waals surface area (Å²) in [6, 6.07) is 0. The number of carbonyl (C=O) groups excluding carboxylic acids is 2. The highest BCUT2D eigenvalue weighted by atomic mass is 16.5. The van der Waals surface area contributed by atoms with E-state index in [0.717, 1.165) is 57.8 Å². The molecule has 0 N–H and O–H groups in total. The molecule has 0 heterocycles. The van der Waals surface area contributed by atoms with Gasteiger partial charge in [-0.1, -0.05) is 124 Å². The smallest absolute Gasteiger partial charge is 0.305 e. The van der Waals surface area contributed by atoms with Crippen LogP contribution in [0.4, 0.5) is 0 Å². The van der Waals surface area contributed by atoms with E-state index < -0.39 is 0 Å². The lowest BCUT2D eigenvalue weighted by Gasteiger charge is -2.12. The number of ether oxygens (including phenoxy) is 2. The molecule has 0 unspecified atom stereocenters. The van der Waals surface area contributed by atoms with Crippen LogP contribution in [0.5, 0.6) is 0 Å². The van der Waals surface area contributed by atoms with Gasteiger partial charge in [0.05, 0.1) is 13.2 Å². The summed E-state index contributed by atoms with van der Waals surface area (Å²) in [7, 11) is 0. The Hall–Kier alpha value is -1.06. The fraction of sp³-hybridized carbons (Fsp3) is 0.931. The maximum Gasteiger partial charge on any atom is 0.305 e. The van der Waals surface area contributed by atoms with E-state index >= 15 is 0 Å². The summed E-state index contributed by atoms with van der Waals surface area (Å²) in [5, 5.41) is 0. The molecule has 4 heteroatoms. The number of unbranched alkanes of at least 4 members (excludes halogenated alkanes) is 15. The van der Waals surface area contributed by atoms with Crippen LogP contribution in [-0.2, 0) is 19.1 Å². The summed E-state index contributed by atoms with van der Waals surface area (Å²) in [6.07, 6.45) is 23.8. The Morgan fingerprint density at radius 1 is 0.515 bits per heavy atom. The first-order valence-corrected chi connectivity index (χ1v) is 14.4. The molecule has 0 saturated carbocycles. The fourth-order valence-electron chi connectivity index (χ4n) is 4.08. The molecule has 0 aromatic heterocycles. The topological polar surface area (TPSA) is 52.6 Å². The Bertz CT molecular complexity index is 431. The summed E-state index contributed by atoms with van der Waals surface area (Å²) in [5.74, 6) is 0.407. The van der Waals surface area contributed by atoms with Crippen molar-refractivity contribution < 1.29 is 19.1 Å². The van der Waals surface area contributed by atoms with Crippen LogP contribution in [0, 0.1) is 5.92 Å². The van der Waals surface area contributed by atoms with Crippen molar-refractivity contribution in [3.63, 3.8) is 0 Å². The molecule has 0 fully saturated rings. The van der Waals surface area contributed by atoms with Crippen molar-refractivity contribution in [1.82, 2.24) is 0 Å². The van der Waals surface area contributed by atoms with Crippen LogP contribution < -0.4 is 0 Å². The third-order valence-corrected chi connectivity index (χ3v) is 6.66. The van der Waals surface area contributed by atoms with E-state index in [2.05, 4.69) is 20.8 Å². The number of esters is 2. The molecule has 0 atom stereocenters. The molecule has 196 valence electrons. The van der Waals surface area contributed by atoms with E-state index in [1.54, 1.807) is 0 Å². The van der Waals surface area contributed by atoms with Crippen molar-refractivity contribution in [2.24, 2.45) is 5.92 Å². The van der Waals surface area contributed by atoms with Crippen LogP contribution in [0.15, 0.2) is 0 Å². The molecule has 33 heavy (non-hydrogen) atoms. The van der Waals surface area contributed by atoms with Gasteiger partial charge in [-0.15, -0.1) is 0 Å². The van der Waals surface area contributed by atoms with E-state index in [1.807, 2.05) is 0 Å². The van der Waals surface area contributed by atoms with E-state index in [0.29, 0.717) is 32.0 Å². The molecule has 0 aliphatic heterocycles. The second kappa shape index (κ2) is 25.6. The second-order valence-electron chi connectivity index (χ2n) is 9.74. The number of carbonyl (C=O) groups is 2. The number of hydrogen-bond acceptors (Lipinski definition) is 4. The largest absolute Gasteiger partial charge is 0.466 e. The predicted octanol–water partition coefficient (Wildman–Crippen LogP) is 8.94. The van der Waals surface area contributed by atoms with Gasteiger partial charge in [0.25, 0.3) is 0 Å². The summed E-state index contributed by atoms with van der Waals surface area (Å²) < 4.78 is 10.7. The molecule has 0 aromatic rings. The van der Waals surface area contributed by atoms with Crippen molar-refractivity contribution >= 4 is 11.9 Å². The van der Waals surface area contributed by atoms with Gasteiger partial charge in [0, 0.05) is 12.8 Å². The van der Waals surface area contributed by atoms with Crippen molar-refractivity contribution in [2.75, 3.05) is 13.2 Å². The first kappa shape index (κ1) is 31.9. The molecule has 0 aliphatic rings. The maximum atomic E-state index is 11.8. The molecule has 0 bridgehead atoms. The molecular weight excluding hydrogens is 412 g/mol. The molecule has 0 saturated heterocycles. The highest BCUT2D eigenvalue weighted by Gasteiger charge is 2.08. The van der Waals surface area contributed by atoms with Gasteiger partial charge in [-0.05, 0) is 25.2 Å². The maximum absolute atomic E-state index is 11.8.